The molecule has 37 heavy (non-hydrogen) atoms. The van der Waals surface area contributed by atoms with Crippen LogP contribution >= 0.6 is 23.2 Å². The smallest absolute Gasteiger partial charge is 0.243 e. The third kappa shape index (κ3) is 8.62. The van der Waals surface area contributed by atoms with E-state index >= 15 is 0 Å². The highest BCUT2D eigenvalue weighted by Crippen LogP contribution is 2.25. The van der Waals surface area contributed by atoms with Crippen LogP contribution in [0.2, 0.25) is 10.0 Å². The molecule has 3 rings (SSSR count). The van der Waals surface area contributed by atoms with Gasteiger partial charge in [-0.05, 0) is 60.6 Å². The second-order valence-electron chi connectivity index (χ2n) is 9.45. The maximum atomic E-state index is 13.8. The van der Waals surface area contributed by atoms with Gasteiger partial charge in [-0.1, -0.05) is 97.7 Å². The van der Waals surface area contributed by atoms with Crippen LogP contribution in [0.5, 0.6) is 0 Å². The normalized spacial score (nSPS) is 12.6. The molecule has 2 amide bonds. The average Bonchev–Trinajstić information content (AvgIpc) is 2.91. The molecule has 0 fully saturated rings. The number of hydrogen-bond acceptors (Lipinski definition) is 2. The zero-order valence-corrected chi connectivity index (χ0v) is 23.4. The van der Waals surface area contributed by atoms with E-state index in [1.807, 2.05) is 50.2 Å². The van der Waals surface area contributed by atoms with Crippen molar-refractivity contribution in [3.05, 3.63) is 105 Å². The molecule has 0 aliphatic rings. The van der Waals surface area contributed by atoms with Gasteiger partial charge >= 0.3 is 0 Å². The Morgan fingerprint density at radius 3 is 2.19 bits per heavy atom. The Morgan fingerprint density at radius 2 is 1.57 bits per heavy atom. The van der Waals surface area contributed by atoms with E-state index in [-0.39, 0.29) is 24.4 Å². The van der Waals surface area contributed by atoms with E-state index in [0.717, 1.165) is 29.5 Å². The predicted octanol–water partition coefficient (Wildman–Crippen LogP) is 7.04. The number of carbonyl (C=O) groups excluding carboxylic acids is 2. The van der Waals surface area contributed by atoms with Gasteiger partial charge in [0.05, 0.1) is 0 Å². The second kappa shape index (κ2) is 14.2. The summed E-state index contributed by atoms with van der Waals surface area (Å²) in [6.45, 7) is 6.34. The molecule has 6 heteroatoms. The van der Waals surface area contributed by atoms with Gasteiger partial charge in [-0.25, -0.2) is 0 Å². The van der Waals surface area contributed by atoms with Crippen molar-refractivity contribution in [3.8, 4) is 0 Å². The lowest BCUT2D eigenvalue weighted by molar-refractivity contribution is -0.141. The van der Waals surface area contributed by atoms with Crippen molar-refractivity contribution in [3.63, 3.8) is 0 Å². The Labute approximate surface area is 231 Å². The summed E-state index contributed by atoms with van der Waals surface area (Å²) in [5.41, 5.74) is 4.10. The lowest BCUT2D eigenvalue weighted by Gasteiger charge is -2.32. The zero-order chi connectivity index (χ0) is 26.8. The van der Waals surface area contributed by atoms with E-state index in [0.29, 0.717) is 29.3 Å². The summed E-state index contributed by atoms with van der Waals surface area (Å²) in [7, 11) is 0. The molecule has 2 atom stereocenters. The highest BCUT2D eigenvalue weighted by molar-refractivity contribution is 6.35. The molecular formula is C31H36Cl2N2O2. The summed E-state index contributed by atoms with van der Waals surface area (Å²) >= 11 is 12.6. The average molecular weight is 540 g/mol. The molecule has 3 aromatic carbocycles. The summed E-state index contributed by atoms with van der Waals surface area (Å²) < 4.78 is 0. The van der Waals surface area contributed by atoms with Gasteiger partial charge in [-0.2, -0.15) is 0 Å². The van der Waals surface area contributed by atoms with Gasteiger partial charge in [-0.3, -0.25) is 9.59 Å². The molecular weight excluding hydrogens is 503 g/mol. The highest BCUT2D eigenvalue weighted by atomic mass is 35.5. The van der Waals surface area contributed by atoms with Gasteiger partial charge < -0.3 is 10.2 Å². The van der Waals surface area contributed by atoms with Crippen LogP contribution in [0.15, 0.2) is 72.8 Å². The molecule has 196 valence electrons. The number of nitrogens with zero attached hydrogens (tertiary/aromatic N) is 1. The molecule has 0 heterocycles. The number of benzene rings is 3. The minimum absolute atomic E-state index is 0.000995. The van der Waals surface area contributed by atoms with Crippen LogP contribution < -0.4 is 5.32 Å². The van der Waals surface area contributed by atoms with Crippen LogP contribution in [0.1, 0.15) is 55.9 Å². The number of halogens is 2. The maximum absolute atomic E-state index is 13.8. The predicted molar refractivity (Wildman–Crippen MR) is 153 cm³/mol. The number of hydrogen-bond donors (Lipinski definition) is 1. The Morgan fingerprint density at radius 1 is 0.892 bits per heavy atom. The summed E-state index contributed by atoms with van der Waals surface area (Å²) in [6.07, 6.45) is 3.07. The van der Waals surface area contributed by atoms with E-state index in [9.17, 15) is 9.59 Å². The fourth-order valence-corrected chi connectivity index (χ4v) is 4.63. The maximum Gasteiger partial charge on any atom is 0.243 e. The van der Waals surface area contributed by atoms with Crippen LogP contribution in [-0.4, -0.2) is 28.8 Å². The van der Waals surface area contributed by atoms with Crippen molar-refractivity contribution >= 4 is 35.0 Å². The van der Waals surface area contributed by atoms with Crippen LogP contribution in [0.3, 0.4) is 0 Å². The summed E-state index contributed by atoms with van der Waals surface area (Å²) in [4.78, 5) is 29.0. The van der Waals surface area contributed by atoms with Crippen LogP contribution in [0, 0.1) is 0 Å². The van der Waals surface area contributed by atoms with E-state index in [1.165, 1.54) is 5.56 Å². The monoisotopic (exact) mass is 538 g/mol. The number of amides is 2. The molecule has 0 unspecified atom stereocenters. The summed E-state index contributed by atoms with van der Waals surface area (Å²) in [5.74, 6) is -0.255. The number of aryl methyl sites for hydroxylation is 2. The zero-order valence-electron chi connectivity index (χ0n) is 21.8. The van der Waals surface area contributed by atoms with Crippen molar-refractivity contribution in [1.82, 2.24) is 10.2 Å². The molecule has 0 bridgehead atoms. The second-order valence-corrected chi connectivity index (χ2v) is 10.3. The molecule has 0 saturated heterocycles. The van der Waals surface area contributed by atoms with Gasteiger partial charge in [0.2, 0.25) is 11.8 Å². The van der Waals surface area contributed by atoms with Gasteiger partial charge in [-0.15, -0.1) is 0 Å². The van der Waals surface area contributed by atoms with Crippen molar-refractivity contribution in [1.29, 1.82) is 0 Å². The van der Waals surface area contributed by atoms with Crippen LogP contribution in [0.4, 0.5) is 0 Å². The van der Waals surface area contributed by atoms with Crippen molar-refractivity contribution < 1.29 is 9.59 Å². The standard InChI is InChI=1S/C31H36Cl2N2O2/c1-4-22(3)34-31(37)29(19-25-9-7-6-8-10-25)35(21-26-16-17-27(32)20-28(26)33)30(36)18-15-24-13-11-23(5-2)12-14-24/h6-14,16-17,20,22,29H,4-5,15,18-19,21H2,1-3H3,(H,34,37)/t22-,29+/m0/s1. The minimum atomic E-state index is -0.682. The Hall–Kier alpha value is -2.82. The number of carbonyl (C=O) groups is 2. The molecule has 0 aromatic heterocycles. The molecule has 3 aromatic rings. The van der Waals surface area contributed by atoms with Gasteiger partial charge in [0.15, 0.2) is 0 Å². The first-order valence-electron chi connectivity index (χ1n) is 13.0. The van der Waals surface area contributed by atoms with Crippen molar-refractivity contribution in [2.75, 3.05) is 0 Å². The fraction of sp³-hybridized carbons (Fsp3) is 0.355. The van der Waals surface area contributed by atoms with Gasteiger partial charge in [0.25, 0.3) is 0 Å². The highest BCUT2D eigenvalue weighted by Gasteiger charge is 2.31. The summed E-state index contributed by atoms with van der Waals surface area (Å²) in [6, 6.07) is 22.7. The molecule has 0 saturated carbocycles. The lowest BCUT2D eigenvalue weighted by Crippen LogP contribution is -2.52. The van der Waals surface area contributed by atoms with Gasteiger partial charge in [0.1, 0.15) is 6.04 Å². The molecule has 0 spiro atoms. The van der Waals surface area contributed by atoms with Crippen LogP contribution in [0.25, 0.3) is 0 Å². The minimum Gasteiger partial charge on any atom is -0.352 e. The first-order valence-corrected chi connectivity index (χ1v) is 13.7. The van der Waals surface area contributed by atoms with E-state index in [2.05, 4.69) is 36.5 Å². The number of nitrogens with one attached hydrogen (secondary N) is 1. The van der Waals surface area contributed by atoms with Crippen molar-refractivity contribution in [2.24, 2.45) is 0 Å². The SMILES string of the molecule is CCc1ccc(CCC(=O)N(Cc2ccc(Cl)cc2Cl)[C@H](Cc2ccccc2)C(=O)N[C@@H](C)CC)cc1. The third-order valence-electron chi connectivity index (χ3n) is 6.69. The first kappa shape index (κ1) is 28.7. The lowest BCUT2D eigenvalue weighted by atomic mass is 10.0. The Balaban J connectivity index is 1.92. The summed E-state index contributed by atoms with van der Waals surface area (Å²) in [5, 5.41) is 4.09. The topological polar surface area (TPSA) is 49.4 Å². The Kier molecular flexibility index (Phi) is 11.0. The fourth-order valence-electron chi connectivity index (χ4n) is 4.17. The third-order valence-corrected chi connectivity index (χ3v) is 7.27. The molecule has 4 nitrogen and oxygen atoms in total. The molecule has 0 radical (unpaired) electrons. The number of rotatable bonds is 12. The van der Waals surface area contributed by atoms with E-state index in [1.54, 1.807) is 17.0 Å². The molecule has 0 aliphatic heterocycles. The Bertz CT molecular complexity index is 1170. The first-order chi connectivity index (χ1) is 17.8. The van der Waals surface area contributed by atoms with E-state index in [4.69, 9.17) is 23.2 Å². The largest absolute Gasteiger partial charge is 0.352 e. The van der Waals surface area contributed by atoms with Crippen LogP contribution in [-0.2, 0) is 35.4 Å². The van der Waals surface area contributed by atoms with E-state index < -0.39 is 6.04 Å². The molecule has 1 N–H and O–H groups in total. The molecule has 0 aliphatic carbocycles. The quantitative estimate of drug-likeness (QED) is 0.268. The van der Waals surface area contributed by atoms with Crippen molar-refractivity contribution in [2.45, 2.75) is 71.5 Å². The van der Waals surface area contributed by atoms with Gasteiger partial charge in [0, 0.05) is 35.5 Å².